The molecule has 2 fully saturated rings. The van der Waals surface area contributed by atoms with E-state index >= 15 is 0 Å². The number of benzene rings is 1. The number of hydrogen-bond donors (Lipinski definition) is 1. The fourth-order valence-electron chi connectivity index (χ4n) is 3.64. The van der Waals surface area contributed by atoms with Crippen molar-refractivity contribution in [2.24, 2.45) is 0 Å². The van der Waals surface area contributed by atoms with Crippen LogP contribution < -0.4 is 10.2 Å². The molecule has 0 unspecified atom stereocenters. The van der Waals surface area contributed by atoms with Gasteiger partial charge in [0.05, 0.1) is 5.54 Å². The maximum Gasteiger partial charge on any atom is 0.321 e. The van der Waals surface area contributed by atoms with Gasteiger partial charge in [-0.1, -0.05) is 0 Å². The van der Waals surface area contributed by atoms with Crippen molar-refractivity contribution in [2.75, 3.05) is 51.7 Å². The topological polar surface area (TPSA) is 76.2 Å². The zero-order chi connectivity index (χ0) is 19.8. The third-order valence-corrected chi connectivity index (χ3v) is 5.08. The first-order valence-corrected chi connectivity index (χ1v) is 9.14. The van der Waals surface area contributed by atoms with E-state index in [1.807, 2.05) is 18.7 Å². The highest BCUT2D eigenvalue weighted by atomic mass is 16.2. The summed E-state index contributed by atoms with van der Waals surface area (Å²) in [6, 6.07) is 6.97. The smallest absolute Gasteiger partial charge is 0.321 e. The number of urea groups is 2. The SMILES string of the molecule is CN(C)C(=O)N1CCN(C(=O)c2ccc(N3CCNC3=O)cc2)C(C)(C)C1. The molecule has 0 atom stereocenters. The Morgan fingerprint density at radius 2 is 1.74 bits per heavy atom. The molecular weight excluding hydrogens is 346 g/mol. The lowest BCUT2D eigenvalue weighted by Crippen LogP contribution is -2.63. The molecule has 8 heteroatoms. The zero-order valence-corrected chi connectivity index (χ0v) is 16.4. The highest BCUT2D eigenvalue weighted by molar-refractivity contribution is 5.97. The Balaban J connectivity index is 1.72. The number of rotatable bonds is 2. The van der Waals surface area contributed by atoms with E-state index in [1.165, 1.54) is 0 Å². The van der Waals surface area contributed by atoms with Crippen molar-refractivity contribution in [2.45, 2.75) is 19.4 Å². The summed E-state index contributed by atoms with van der Waals surface area (Å²) in [5.41, 5.74) is 0.898. The molecule has 0 bridgehead atoms. The summed E-state index contributed by atoms with van der Waals surface area (Å²) in [7, 11) is 3.46. The molecule has 0 spiro atoms. The first kappa shape index (κ1) is 19.0. The average Bonchev–Trinajstić information content (AvgIpc) is 3.05. The van der Waals surface area contributed by atoms with Gasteiger partial charge in [-0.15, -0.1) is 0 Å². The van der Waals surface area contributed by atoms with Crippen molar-refractivity contribution in [3.05, 3.63) is 29.8 Å². The summed E-state index contributed by atoms with van der Waals surface area (Å²) in [4.78, 5) is 43.9. The van der Waals surface area contributed by atoms with Gasteiger partial charge in [0, 0.05) is 58.1 Å². The predicted molar refractivity (Wildman–Crippen MR) is 103 cm³/mol. The second kappa shape index (κ2) is 7.09. The second-order valence-corrected chi connectivity index (χ2v) is 7.80. The summed E-state index contributed by atoms with van der Waals surface area (Å²) < 4.78 is 0. The number of nitrogens with one attached hydrogen (secondary N) is 1. The van der Waals surface area contributed by atoms with Crippen molar-refractivity contribution in [1.82, 2.24) is 20.0 Å². The van der Waals surface area contributed by atoms with Gasteiger partial charge in [0.1, 0.15) is 0 Å². The number of anilines is 1. The lowest BCUT2D eigenvalue weighted by atomic mass is 9.97. The molecule has 0 radical (unpaired) electrons. The van der Waals surface area contributed by atoms with Crippen LogP contribution in [0.5, 0.6) is 0 Å². The van der Waals surface area contributed by atoms with E-state index in [0.717, 1.165) is 5.69 Å². The molecule has 0 aliphatic carbocycles. The number of hydrogen-bond acceptors (Lipinski definition) is 3. The number of nitrogens with zero attached hydrogens (tertiary/aromatic N) is 4. The van der Waals surface area contributed by atoms with Gasteiger partial charge in [0.2, 0.25) is 0 Å². The maximum absolute atomic E-state index is 13.0. The van der Waals surface area contributed by atoms with Gasteiger partial charge < -0.3 is 20.0 Å². The molecule has 1 N–H and O–H groups in total. The normalized spacial score (nSPS) is 19.1. The van der Waals surface area contributed by atoms with E-state index < -0.39 is 5.54 Å². The molecule has 2 saturated heterocycles. The van der Waals surface area contributed by atoms with Gasteiger partial charge in [-0.25, -0.2) is 9.59 Å². The highest BCUT2D eigenvalue weighted by Crippen LogP contribution is 2.25. The van der Waals surface area contributed by atoms with E-state index in [2.05, 4.69) is 5.32 Å². The number of amides is 5. The molecule has 27 heavy (non-hydrogen) atoms. The lowest BCUT2D eigenvalue weighted by molar-refractivity contribution is 0.0241. The fraction of sp³-hybridized carbons (Fsp3) is 0.526. The Morgan fingerprint density at radius 1 is 1.07 bits per heavy atom. The van der Waals surface area contributed by atoms with Crippen LogP contribution in [-0.2, 0) is 0 Å². The van der Waals surface area contributed by atoms with Gasteiger partial charge in [0.25, 0.3) is 5.91 Å². The van der Waals surface area contributed by atoms with E-state index in [4.69, 9.17) is 0 Å². The van der Waals surface area contributed by atoms with Crippen LogP contribution in [0.2, 0.25) is 0 Å². The Kier molecular flexibility index (Phi) is 4.99. The van der Waals surface area contributed by atoms with Gasteiger partial charge in [-0.05, 0) is 38.1 Å². The lowest BCUT2D eigenvalue weighted by Gasteiger charge is -2.47. The van der Waals surface area contributed by atoms with Gasteiger partial charge >= 0.3 is 12.1 Å². The van der Waals surface area contributed by atoms with Crippen molar-refractivity contribution in [3.63, 3.8) is 0 Å². The molecule has 2 aliphatic heterocycles. The largest absolute Gasteiger partial charge is 0.336 e. The molecule has 1 aromatic carbocycles. The molecule has 146 valence electrons. The summed E-state index contributed by atoms with van der Waals surface area (Å²) in [5, 5.41) is 2.77. The summed E-state index contributed by atoms with van der Waals surface area (Å²) in [6.07, 6.45) is 0. The second-order valence-electron chi connectivity index (χ2n) is 7.80. The van der Waals surface area contributed by atoms with E-state index in [9.17, 15) is 14.4 Å². The van der Waals surface area contributed by atoms with Crippen LogP contribution in [0, 0.1) is 0 Å². The number of carbonyl (C=O) groups is 3. The van der Waals surface area contributed by atoms with Crippen LogP contribution >= 0.6 is 0 Å². The number of carbonyl (C=O) groups excluding carboxylic acids is 3. The van der Waals surface area contributed by atoms with Crippen LogP contribution in [0.1, 0.15) is 24.2 Å². The minimum atomic E-state index is -0.464. The molecule has 2 heterocycles. The monoisotopic (exact) mass is 373 g/mol. The quantitative estimate of drug-likeness (QED) is 0.852. The molecule has 0 saturated carbocycles. The molecule has 0 aromatic heterocycles. The fourth-order valence-corrected chi connectivity index (χ4v) is 3.64. The average molecular weight is 373 g/mol. The molecule has 2 aliphatic rings. The Hall–Kier alpha value is -2.77. The number of piperazine rings is 1. The van der Waals surface area contributed by atoms with Crippen LogP contribution in [-0.4, -0.2) is 85.0 Å². The maximum atomic E-state index is 13.0. The third-order valence-electron chi connectivity index (χ3n) is 5.08. The van der Waals surface area contributed by atoms with Crippen molar-refractivity contribution in [1.29, 1.82) is 0 Å². The van der Waals surface area contributed by atoms with Crippen LogP contribution in [0.3, 0.4) is 0 Å². The van der Waals surface area contributed by atoms with Crippen molar-refractivity contribution < 1.29 is 14.4 Å². The van der Waals surface area contributed by atoms with Crippen LogP contribution in [0.4, 0.5) is 15.3 Å². The van der Waals surface area contributed by atoms with Gasteiger partial charge in [-0.2, -0.15) is 0 Å². The van der Waals surface area contributed by atoms with Gasteiger partial charge in [-0.3, -0.25) is 9.69 Å². The highest BCUT2D eigenvalue weighted by Gasteiger charge is 2.39. The standard InChI is InChI=1S/C19H27N5O3/c1-19(2)13-22(18(27)21(3)4)11-12-24(19)16(25)14-5-7-15(8-6-14)23-10-9-20-17(23)26/h5-8H,9-13H2,1-4H3,(H,20,26). The Labute approximate surface area is 159 Å². The summed E-state index contributed by atoms with van der Waals surface area (Å²) in [5.74, 6) is -0.0608. The van der Waals surface area contributed by atoms with Crippen molar-refractivity contribution >= 4 is 23.7 Å². The van der Waals surface area contributed by atoms with Crippen LogP contribution in [0.15, 0.2) is 24.3 Å². The minimum absolute atomic E-state index is 0.0385. The summed E-state index contributed by atoms with van der Waals surface area (Å²) in [6.45, 7) is 6.69. The first-order chi connectivity index (χ1) is 12.7. The van der Waals surface area contributed by atoms with Crippen molar-refractivity contribution in [3.8, 4) is 0 Å². The van der Waals surface area contributed by atoms with E-state index in [-0.39, 0.29) is 18.0 Å². The molecule has 1 aromatic rings. The van der Waals surface area contributed by atoms with E-state index in [1.54, 1.807) is 53.1 Å². The Bertz CT molecular complexity index is 744. The van der Waals surface area contributed by atoms with Gasteiger partial charge in [0.15, 0.2) is 0 Å². The minimum Gasteiger partial charge on any atom is -0.336 e. The third kappa shape index (κ3) is 3.70. The molecular formula is C19H27N5O3. The Morgan fingerprint density at radius 3 is 2.26 bits per heavy atom. The zero-order valence-electron chi connectivity index (χ0n) is 16.4. The molecule has 3 rings (SSSR count). The summed E-state index contributed by atoms with van der Waals surface area (Å²) >= 11 is 0. The molecule has 8 nitrogen and oxygen atoms in total. The molecule has 5 amide bonds. The first-order valence-electron chi connectivity index (χ1n) is 9.14. The van der Waals surface area contributed by atoms with E-state index in [0.29, 0.717) is 38.3 Å². The van der Waals surface area contributed by atoms with Crippen LogP contribution in [0.25, 0.3) is 0 Å². The predicted octanol–water partition coefficient (Wildman–Crippen LogP) is 1.43.